The number of rotatable bonds is 3. The summed E-state index contributed by atoms with van der Waals surface area (Å²) in [6, 6.07) is 12.2. The first-order valence-corrected chi connectivity index (χ1v) is 6.99. The summed E-state index contributed by atoms with van der Waals surface area (Å²) in [6.45, 7) is 6.63. The highest BCUT2D eigenvalue weighted by Gasteiger charge is 2.03. The SMILES string of the molecule is Cc1ccc(C)c(COc2ccc(C#CCO)cc2C)c1. The Kier molecular flexibility index (Phi) is 5.03. The molecule has 21 heavy (non-hydrogen) atoms. The molecular weight excluding hydrogens is 260 g/mol. The van der Waals surface area contributed by atoms with Crippen LogP contribution in [0.4, 0.5) is 0 Å². The zero-order valence-corrected chi connectivity index (χ0v) is 12.7. The molecule has 1 N–H and O–H groups in total. The van der Waals surface area contributed by atoms with Gasteiger partial charge in [-0.3, -0.25) is 0 Å². The molecule has 0 unspecified atom stereocenters. The van der Waals surface area contributed by atoms with Gasteiger partial charge in [-0.15, -0.1) is 0 Å². The quantitative estimate of drug-likeness (QED) is 0.871. The first kappa shape index (κ1) is 15.2. The molecule has 0 atom stereocenters. The van der Waals surface area contributed by atoms with E-state index in [1.165, 1.54) is 16.7 Å². The second kappa shape index (κ2) is 6.97. The third-order valence-electron chi connectivity index (χ3n) is 3.37. The molecule has 0 saturated carbocycles. The molecule has 0 heterocycles. The predicted molar refractivity (Wildman–Crippen MR) is 85.4 cm³/mol. The van der Waals surface area contributed by atoms with E-state index in [1.807, 2.05) is 25.1 Å². The minimum absolute atomic E-state index is 0.121. The second-order valence-corrected chi connectivity index (χ2v) is 5.16. The van der Waals surface area contributed by atoms with Crippen molar-refractivity contribution in [1.29, 1.82) is 0 Å². The normalized spacial score (nSPS) is 9.90. The molecule has 2 aromatic rings. The Morgan fingerprint density at radius 1 is 1.00 bits per heavy atom. The highest BCUT2D eigenvalue weighted by atomic mass is 16.5. The second-order valence-electron chi connectivity index (χ2n) is 5.16. The highest BCUT2D eigenvalue weighted by Crippen LogP contribution is 2.21. The Labute approximate surface area is 126 Å². The van der Waals surface area contributed by atoms with Gasteiger partial charge in [0.25, 0.3) is 0 Å². The molecule has 2 nitrogen and oxygen atoms in total. The molecule has 2 rings (SSSR count). The van der Waals surface area contributed by atoms with Crippen molar-refractivity contribution in [3.05, 3.63) is 64.2 Å². The third-order valence-corrected chi connectivity index (χ3v) is 3.37. The summed E-state index contributed by atoms with van der Waals surface area (Å²) in [5, 5.41) is 8.71. The fourth-order valence-corrected chi connectivity index (χ4v) is 2.14. The molecule has 2 aromatic carbocycles. The maximum Gasteiger partial charge on any atom is 0.122 e. The summed E-state index contributed by atoms with van der Waals surface area (Å²) in [6.07, 6.45) is 0. The minimum atomic E-state index is -0.121. The molecule has 108 valence electrons. The van der Waals surface area contributed by atoms with Crippen LogP contribution in [0.5, 0.6) is 5.75 Å². The third kappa shape index (κ3) is 4.11. The van der Waals surface area contributed by atoms with Gasteiger partial charge < -0.3 is 9.84 Å². The lowest BCUT2D eigenvalue weighted by molar-refractivity contribution is 0.303. The summed E-state index contributed by atoms with van der Waals surface area (Å²) in [4.78, 5) is 0. The Morgan fingerprint density at radius 3 is 2.52 bits per heavy atom. The zero-order chi connectivity index (χ0) is 15.2. The molecule has 0 aromatic heterocycles. The number of aliphatic hydroxyl groups is 1. The van der Waals surface area contributed by atoms with Crippen LogP contribution in [0.25, 0.3) is 0 Å². The molecule has 0 spiro atoms. The molecular formula is C19H20O2. The molecule has 2 heteroatoms. The zero-order valence-electron chi connectivity index (χ0n) is 12.7. The highest BCUT2D eigenvalue weighted by molar-refractivity contribution is 5.43. The van der Waals surface area contributed by atoms with Crippen LogP contribution in [0.2, 0.25) is 0 Å². The molecule has 0 bridgehead atoms. The number of hydrogen-bond donors (Lipinski definition) is 1. The van der Waals surface area contributed by atoms with Crippen LogP contribution in [0.1, 0.15) is 27.8 Å². The van der Waals surface area contributed by atoms with Crippen molar-refractivity contribution < 1.29 is 9.84 Å². The number of hydrogen-bond acceptors (Lipinski definition) is 2. The lowest BCUT2D eigenvalue weighted by Crippen LogP contribution is -2.00. The lowest BCUT2D eigenvalue weighted by atomic mass is 10.1. The Bertz CT molecular complexity index is 690. The number of aryl methyl sites for hydroxylation is 3. The van der Waals surface area contributed by atoms with Gasteiger partial charge in [-0.25, -0.2) is 0 Å². The standard InChI is InChI=1S/C19H20O2/c1-14-6-7-15(2)18(11-14)13-21-19-9-8-17(5-4-10-20)12-16(19)3/h6-9,11-12,20H,10,13H2,1-3H3. The molecule has 0 fully saturated rings. The van der Waals surface area contributed by atoms with Crippen LogP contribution in [0, 0.1) is 32.6 Å². The van der Waals surface area contributed by atoms with Crippen molar-refractivity contribution in [2.45, 2.75) is 27.4 Å². The average molecular weight is 280 g/mol. The molecule has 0 amide bonds. The lowest BCUT2D eigenvalue weighted by Gasteiger charge is -2.12. The van der Waals surface area contributed by atoms with Gasteiger partial charge in [-0.1, -0.05) is 35.6 Å². The first-order chi connectivity index (χ1) is 10.1. The van der Waals surface area contributed by atoms with Crippen molar-refractivity contribution in [1.82, 2.24) is 0 Å². The van der Waals surface area contributed by atoms with E-state index in [1.54, 1.807) is 0 Å². The first-order valence-electron chi connectivity index (χ1n) is 6.99. The van der Waals surface area contributed by atoms with Gasteiger partial charge in [0, 0.05) is 5.56 Å². The van der Waals surface area contributed by atoms with Gasteiger partial charge in [0.1, 0.15) is 19.0 Å². The monoisotopic (exact) mass is 280 g/mol. The van der Waals surface area contributed by atoms with Gasteiger partial charge in [-0.05, 0) is 55.7 Å². The Balaban J connectivity index is 2.11. The van der Waals surface area contributed by atoms with Crippen molar-refractivity contribution >= 4 is 0 Å². The summed E-state index contributed by atoms with van der Waals surface area (Å²) in [7, 11) is 0. The van der Waals surface area contributed by atoms with Crippen molar-refractivity contribution in [3.63, 3.8) is 0 Å². The summed E-state index contributed by atoms with van der Waals surface area (Å²) < 4.78 is 5.92. The van der Waals surface area contributed by atoms with E-state index in [4.69, 9.17) is 9.84 Å². The smallest absolute Gasteiger partial charge is 0.122 e. The fraction of sp³-hybridized carbons (Fsp3) is 0.263. The van der Waals surface area contributed by atoms with E-state index in [2.05, 4.69) is 43.9 Å². The van der Waals surface area contributed by atoms with Crippen LogP contribution in [-0.4, -0.2) is 11.7 Å². The van der Waals surface area contributed by atoms with E-state index in [9.17, 15) is 0 Å². The van der Waals surface area contributed by atoms with E-state index >= 15 is 0 Å². The van der Waals surface area contributed by atoms with E-state index in [0.717, 1.165) is 16.9 Å². The number of benzene rings is 2. The molecule has 0 aliphatic rings. The van der Waals surface area contributed by atoms with E-state index in [-0.39, 0.29) is 6.61 Å². The Hall–Kier alpha value is -2.24. The molecule has 0 aliphatic heterocycles. The van der Waals surface area contributed by atoms with Gasteiger partial charge in [0.2, 0.25) is 0 Å². The Morgan fingerprint density at radius 2 is 1.81 bits per heavy atom. The molecule has 0 aliphatic carbocycles. The van der Waals surface area contributed by atoms with Crippen LogP contribution < -0.4 is 4.74 Å². The molecule has 0 radical (unpaired) electrons. The van der Waals surface area contributed by atoms with Gasteiger partial charge in [0.15, 0.2) is 0 Å². The topological polar surface area (TPSA) is 29.5 Å². The summed E-state index contributed by atoms with van der Waals surface area (Å²) >= 11 is 0. The van der Waals surface area contributed by atoms with Crippen molar-refractivity contribution in [2.75, 3.05) is 6.61 Å². The van der Waals surface area contributed by atoms with Gasteiger partial charge in [0.05, 0.1) is 0 Å². The summed E-state index contributed by atoms with van der Waals surface area (Å²) in [5.41, 5.74) is 5.62. The average Bonchev–Trinajstić information content (AvgIpc) is 2.47. The van der Waals surface area contributed by atoms with E-state index < -0.39 is 0 Å². The fourth-order valence-electron chi connectivity index (χ4n) is 2.14. The van der Waals surface area contributed by atoms with Crippen molar-refractivity contribution in [2.24, 2.45) is 0 Å². The van der Waals surface area contributed by atoms with Crippen LogP contribution in [0.15, 0.2) is 36.4 Å². The van der Waals surface area contributed by atoms with Crippen LogP contribution in [0.3, 0.4) is 0 Å². The van der Waals surface area contributed by atoms with Gasteiger partial charge in [-0.2, -0.15) is 0 Å². The van der Waals surface area contributed by atoms with E-state index in [0.29, 0.717) is 6.61 Å². The summed E-state index contributed by atoms with van der Waals surface area (Å²) in [5.74, 6) is 6.41. The van der Waals surface area contributed by atoms with Gasteiger partial charge >= 0.3 is 0 Å². The van der Waals surface area contributed by atoms with Crippen LogP contribution >= 0.6 is 0 Å². The largest absolute Gasteiger partial charge is 0.489 e. The number of ether oxygens (including phenoxy) is 1. The maximum absolute atomic E-state index is 8.71. The van der Waals surface area contributed by atoms with Crippen LogP contribution in [-0.2, 0) is 6.61 Å². The number of aliphatic hydroxyl groups excluding tert-OH is 1. The molecule has 0 saturated heterocycles. The minimum Gasteiger partial charge on any atom is -0.489 e. The maximum atomic E-state index is 8.71. The van der Waals surface area contributed by atoms with Crippen molar-refractivity contribution in [3.8, 4) is 17.6 Å². The predicted octanol–water partition coefficient (Wildman–Crippen LogP) is 3.53.